The summed E-state index contributed by atoms with van der Waals surface area (Å²) in [6.07, 6.45) is 2.13. The minimum atomic E-state index is -0.547. The second-order valence-corrected chi connectivity index (χ2v) is 8.90. The lowest BCUT2D eigenvalue weighted by atomic mass is 10.0. The summed E-state index contributed by atoms with van der Waals surface area (Å²) in [6.45, 7) is 11.3. The summed E-state index contributed by atoms with van der Waals surface area (Å²) in [5.74, 6) is 0.617. The van der Waals surface area contributed by atoms with Gasteiger partial charge in [-0.2, -0.15) is 0 Å². The Morgan fingerprint density at radius 2 is 1.86 bits per heavy atom. The largest absolute Gasteiger partial charge is 0.508 e. The molecule has 1 aliphatic heterocycles. The molecule has 0 radical (unpaired) electrons. The number of amides is 1. The van der Waals surface area contributed by atoms with Crippen LogP contribution in [0.1, 0.15) is 66.4 Å². The van der Waals surface area contributed by atoms with Gasteiger partial charge < -0.3 is 19.6 Å². The van der Waals surface area contributed by atoms with E-state index in [1.165, 1.54) is 12.1 Å². The highest BCUT2D eigenvalue weighted by atomic mass is 16.6. The van der Waals surface area contributed by atoms with Gasteiger partial charge in [0.2, 0.25) is 0 Å². The van der Waals surface area contributed by atoms with Crippen LogP contribution in [0.4, 0.5) is 4.79 Å². The molecule has 1 aromatic rings. The maximum atomic E-state index is 12.7. The average Bonchev–Trinajstić information content (AvgIpc) is 2.94. The zero-order valence-corrected chi connectivity index (χ0v) is 18.3. The van der Waals surface area contributed by atoms with Gasteiger partial charge in [-0.3, -0.25) is 10.8 Å². The fourth-order valence-electron chi connectivity index (χ4n) is 3.92. The fraction of sp³-hybridized carbons (Fsp3) is 0.591. The summed E-state index contributed by atoms with van der Waals surface area (Å²) in [5, 5.41) is 26.3. The Kier molecular flexibility index (Phi) is 6.93. The molecule has 1 amide bonds. The smallest absolute Gasteiger partial charge is 0.410 e. The molecule has 3 atom stereocenters. The Morgan fingerprint density at radius 3 is 2.38 bits per heavy atom. The Bertz CT molecular complexity index is 754. The Hall–Kier alpha value is -2.57. The Labute approximate surface area is 173 Å². The van der Waals surface area contributed by atoms with Gasteiger partial charge in [0.15, 0.2) is 0 Å². The molecule has 1 saturated heterocycles. The van der Waals surface area contributed by atoms with Gasteiger partial charge in [-0.25, -0.2) is 4.79 Å². The monoisotopic (exact) mass is 402 g/mol. The van der Waals surface area contributed by atoms with E-state index in [1.807, 2.05) is 39.5 Å². The van der Waals surface area contributed by atoms with Crippen molar-refractivity contribution in [2.24, 2.45) is 0 Å². The van der Waals surface area contributed by atoms with Crippen LogP contribution in [0.2, 0.25) is 0 Å². The normalized spacial score (nSPS) is 20.3. The number of nitrogens with zero attached hydrogens (tertiary/aromatic N) is 2. The van der Waals surface area contributed by atoms with E-state index in [4.69, 9.17) is 15.6 Å². The van der Waals surface area contributed by atoms with Gasteiger partial charge in [-0.05, 0) is 85.1 Å². The van der Waals surface area contributed by atoms with Crippen LogP contribution >= 0.6 is 0 Å². The van der Waals surface area contributed by atoms with Crippen LogP contribution < -0.4 is 0 Å². The van der Waals surface area contributed by atoms with Crippen molar-refractivity contribution < 1.29 is 14.6 Å². The number of benzene rings is 1. The van der Waals surface area contributed by atoms with Crippen LogP contribution in [0.25, 0.3) is 0 Å². The lowest BCUT2D eigenvalue weighted by molar-refractivity contribution is 0.0144. The van der Waals surface area contributed by atoms with Crippen molar-refractivity contribution in [3.63, 3.8) is 0 Å². The minimum absolute atomic E-state index is 0.00400. The van der Waals surface area contributed by atoms with Gasteiger partial charge >= 0.3 is 6.09 Å². The number of carbonyl (C=O) groups excluding carboxylic acids is 1. The molecule has 0 saturated carbocycles. The number of rotatable bonds is 4. The first kappa shape index (κ1) is 22.7. The van der Waals surface area contributed by atoms with E-state index in [9.17, 15) is 9.90 Å². The first-order valence-electron chi connectivity index (χ1n) is 10.1. The number of aromatic hydroxyl groups is 1. The lowest BCUT2D eigenvalue weighted by Crippen LogP contribution is -2.48. The highest BCUT2D eigenvalue weighted by Gasteiger charge is 2.38. The first-order chi connectivity index (χ1) is 13.4. The molecule has 7 nitrogen and oxygen atoms in total. The van der Waals surface area contributed by atoms with Crippen molar-refractivity contribution in [2.45, 2.75) is 84.5 Å². The zero-order chi connectivity index (χ0) is 21.9. The van der Waals surface area contributed by atoms with Gasteiger partial charge in [-0.1, -0.05) is 0 Å². The molecule has 3 unspecified atom stereocenters. The van der Waals surface area contributed by atoms with Crippen molar-refractivity contribution in [2.75, 3.05) is 0 Å². The van der Waals surface area contributed by atoms with Gasteiger partial charge in [0.25, 0.3) is 0 Å². The zero-order valence-electron chi connectivity index (χ0n) is 18.3. The third kappa shape index (κ3) is 5.71. The van der Waals surface area contributed by atoms with Gasteiger partial charge in [0.05, 0.1) is 5.84 Å². The van der Waals surface area contributed by atoms with Crippen molar-refractivity contribution in [1.29, 1.82) is 10.8 Å². The van der Waals surface area contributed by atoms with Crippen molar-refractivity contribution in [1.82, 2.24) is 9.80 Å². The summed E-state index contributed by atoms with van der Waals surface area (Å²) in [4.78, 5) is 16.2. The number of phenols is 1. The summed E-state index contributed by atoms with van der Waals surface area (Å²) < 4.78 is 5.60. The molecule has 0 spiro atoms. The highest BCUT2D eigenvalue weighted by molar-refractivity contribution is 6.06. The fourth-order valence-corrected chi connectivity index (χ4v) is 3.92. The van der Waals surface area contributed by atoms with E-state index in [2.05, 4.69) is 0 Å². The lowest BCUT2D eigenvalue weighted by Gasteiger charge is -2.36. The summed E-state index contributed by atoms with van der Waals surface area (Å²) in [6, 6.07) is 6.38. The number of ether oxygens (including phenoxy) is 1. The van der Waals surface area contributed by atoms with E-state index in [1.54, 1.807) is 24.0 Å². The minimum Gasteiger partial charge on any atom is -0.508 e. The molecule has 160 valence electrons. The second kappa shape index (κ2) is 8.84. The van der Waals surface area contributed by atoms with Crippen LogP contribution in [0.3, 0.4) is 0 Å². The number of carbonyl (C=O) groups is 1. The average molecular weight is 403 g/mol. The van der Waals surface area contributed by atoms with Crippen LogP contribution in [0.15, 0.2) is 24.3 Å². The molecule has 29 heavy (non-hydrogen) atoms. The third-order valence-electron chi connectivity index (χ3n) is 5.19. The molecule has 7 heteroatoms. The molecule has 1 fully saturated rings. The van der Waals surface area contributed by atoms with Crippen molar-refractivity contribution in [3.05, 3.63) is 29.8 Å². The van der Waals surface area contributed by atoms with E-state index in [-0.39, 0.29) is 41.6 Å². The van der Waals surface area contributed by atoms with Crippen LogP contribution in [-0.2, 0) is 4.74 Å². The number of likely N-dealkylation sites (tertiary alicyclic amines) is 1. The predicted molar refractivity (Wildman–Crippen MR) is 115 cm³/mol. The quantitative estimate of drug-likeness (QED) is 0.507. The van der Waals surface area contributed by atoms with Crippen LogP contribution in [0, 0.1) is 10.8 Å². The van der Waals surface area contributed by atoms with E-state index >= 15 is 0 Å². The van der Waals surface area contributed by atoms with Crippen LogP contribution in [-0.4, -0.2) is 56.4 Å². The van der Waals surface area contributed by atoms with Crippen molar-refractivity contribution >= 4 is 17.8 Å². The number of hydrogen-bond donors (Lipinski definition) is 3. The van der Waals surface area contributed by atoms with Crippen LogP contribution in [0.5, 0.6) is 5.75 Å². The topological polar surface area (TPSA) is 101 Å². The molecule has 3 N–H and O–H groups in total. The highest BCUT2D eigenvalue weighted by Crippen LogP contribution is 2.30. The second-order valence-electron chi connectivity index (χ2n) is 8.90. The maximum absolute atomic E-state index is 12.7. The molecule has 1 aliphatic rings. The number of nitrogens with one attached hydrogen (secondary N) is 2. The Balaban J connectivity index is 2.16. The standard InChI is InChI=1S/C22H34N4O3/c1-14-7-10-18(26(14)21(28)29-22(4,5)6)13-15(2)25(16(3)23)20(24)17-8-11-19(27)12-9-17/h8-9,11-12,14-15,18,23-24,27H,7,10,13H2,1-6H3. The summed E-state index contributed by atoms with van der Waals surface area (Å²) in [7, 11) is 0. The number of hydrogen-bond acceptors (Lipinski definition) is 5. The van der Waals surface area contributed by atoms with Gasteiger partial charge in [0, 0.05) is 23.7 Å². The van der Waals surface area contributed by atoms with E-state index in [0.717, 1.165) is 12.8 Å². The predicted octanol–water partition coefficient (Wildman–Crippen LogP) is 4.58. The van der Waals surface area contributed by atoms with Gasteiger partial charge in [-0.15, -0.1) is 0 Å². The number of phenolic OH excluding ortho intramolecular Hbond substituents is 1. The van der Waals surface area contributed by atoms with E-state index < -0.39 is 5.60 Å². The SMILES string of the molecule is CC(=N)N(C(=N)c1ccc(O)cc1)C(C)CC1CCC(C)N1C(=O)OC(C)(C)C. The third-order valence-corrected chi connectivity index (χ3v) is 5.19. The van der Waals surface area contributed by atoms with Crippen molar-refractivity contribution in [3.8, 4) is 5.75 Å². The van der Waals surface area contributed by atoms with E-state index in [0.29, 0.717) is 12.0 Å². The van der Waals surface area contributed by atoms with Gasteiger partial charge in [0.1, 0.15) is 17.2 Å². The first-order valence-corrected chi connectivity index (χ1v) is 10.1. The molecule has 1 aromatic carbocycles. The Morgan fingerprint density at radius 1 is 1.28 bits per heavy atom. The molecule has 0 bridgehead atoms. The molecule has 0 aromatic heterocycles. The summed E-state index contributed by atoms with van der Waals surface area (Å²) >= 11 is 0. The molecular weight excluding hydrogens is 368 g/mol. The molecule has 1 heterocycles. The number of amidine groups is 2. The summed E-state index contributed by atoms with van der Waals surface area (Å²) in [5.41, 5.74) is 0.0822. The maximum Gasteiger partial charge on any atom is 0.410 e. The molecule has 2 rings (SSSR count). The molecular formula is C22H34N4O3. The molecule has 0 aliphatic carbocycles.